The highest BCUT2D eigenvalue weighted by atomic mass is 16.5. The molecule has 1 aliphatic heterocycles. The van der Waals surface area contributed by atoms with Gasteiger partial charge in [0.05, 0.1) is 44.2 Å². The summed E-state index contributed by atoms with van der Waals surface area (Å²) in [5, 5.41) is 6.77. The fourth-order valence-corrected chi connectivity index (χ4v) is 3.87. The minimum absolute atomic E-state index is 0.145. The Morgan fingerprint density at radius 1 is 1.19 bits per heavy atom. The lowest BCUT2D eigenvalue weighted by Gasteiger charge is -2.29. The van der Waals surface area contributed by atoms with Crippen molar-refractivity contribution in [3.63, 3.8) is 0 Å². The fourth-order valence-electron chi connectivity index (χ4n) is 3.87. The summed E-state index contributed by atoms with van der Waals surface area (Å²) in [6, 6.07) is 7.85. The van der Waals surface area contributed by atoms with Crippen molar-refractivity contribution in [2.75, 3.05) is 31.1 Å². The molecule has 26 heavy (non-hydrogen) atoms. The minimum Gasteiger partial charge on any atom is -0.483 e. The highest BCUT2D eigenvalue weighted by molar-refractivity contribution is 5.57. The van der Waals surface area contributed by atoms with Crippen molar-refractivity contribution in [2.45, 2.75) is 38.7 Å². The molecule has 2 aliphatic rings. The molecule has 2 aromatic rings. The third-order valence-electron chi connectivity index (χ3n) is 5.29. The summed E-state index contributed by atoms with van der Waals surface area (Å²) in [5.41, 5.74) is 2.57. The number of piperazine rings is 1. The van der Waals surface area contributed by atoms with Crippen molar-refractivity contribution in [2.24, 2.45) is 0 Å². The fraction of sp³-hybridized carbons (Fsp3) is 0.500. The van der Waals surface area contributed by atoms with Gasteiger partial charge in [0.15, 0.2) is 0 Å². The molecule has 138 valence electrons. The topological polar surface area (TPSA) is 64.0 Å². The number of nitrogens with zero attached hydrogens (tertiary/aromatic N) is 3. The van der Waals surface area contributed by atoms with E-state index in [4.69, 9.17) is 4.74 Å². The molecule has 0 bridgehead atoms. The average Bonchev–Trinajstić information content (AvgIpc) is 3.17. The van der Waals surface area contributed by atoms with Crippen molar-refractivity contribution >= 4 is 5.69 Å². The molecule has 1 aliphatic carbocycles. The van der Waals surface area contributed by atoms with E-state index in [0.29, 0.717) is 5.75 Å². The Morgan fingerprint density at radius 3 is 2.69 bits per heavy atom. The van der Waals surface area contributed by atoms with Crippen LogP contribution in [-0.2, 0) is 0 Å². The van der Waals surface area contributed by atoms with E-state index in [9.17, 15) is 4.79 Å². The first-order valence-electron chi connectivity index (χ1n) is 9.65. The van der Waals surface area contributed by atoms with Gasteiger partial charge in [-0.3, -0.25) is 4.79 Å². The molecule has 2 N–H and O–H groups in total. The van der Waals surface area contributed by atoms with Crippen molar-refractivity contribution in [1.82, 2.24) is 9.78 Å². The molecule has 0 radical (unpaired) electrons. The number of nitrogens with two attached hydrogens (primary N) is 1. The maximum atomic E-state index is 13.3. The van der Waals surface area contributed by atoms with Gasteiger partial charge in [-0.2, -0.15) is 9.78 Å². The lowest BCUT2D eigenvalue weighted by atomic mass is 10.2. The molecule has 0 amide bonds. The number of hydrogen-bond donors (Lipinski definition) is 1. The van der Waals surface area contributed by atoms with Crippen molar-refractivity contribution in [3.8, 4) is 11.4 Å². The summed E-state index contributed by atoms with van der Waals surface area (Å²) in [6.07, 6.45) is 6.36. The summed E-state index contributed by atoms with van der Waals surface area (Å²) in [5.74, 6) is 0.468. The zero-order valence-electron chi connectivity index (χ0n) is 15.4. The molecule has 6 nitrogen and oxygen atoms in total. The molecule has 1 aromatic heterocycles. The SMILES string of the molecule is Cc1cccc(-n2ncc(N3CC[NH2+]CC3)c(OC3CCCC3)c2=O)c1. The first kappa shape index (κ1) is 17.1. The van der Waals surface area contributed by atoms with Crippen molar-refractivity contribution in [1.29, 1.82) is 0 Å². The van der Waals surface area contributed by atoms with E-state index < -0.39 is 0 Å². The lowest BCUT2D eigenvalue weighted by molar-refractivity contribution is -0.655. The van der Waals surface area contributed by atoms with Crippen LogP contribution >= 0.6 is 0 Å². The molecule has 1 saturated heterocycles. The summed E-state index contributed by atoms with van der Waals surface area (Å²) < 4.78 is 7.73. The summed E-state index contributed by atoms with van der Waals surface area (Å²) >= 11 is 0. The lowest BCUT2D eigenvalue weighted by Crippen LogP contribution is -2.89. The zero-order valence-corrected chi connectivity index (χ0v) is 15.4. The molecule has 0 atom stereocenters. The predicted octanol–water partition coefficient (Wildman–Crippen LogP) is 1.25. The second-order valence-corrected chi connectivity index (χ2v) is 7.29. The molecule has 2 fully saturated rings. The van der Waals surface area contributed by atoms with Crippen LogP contribution < -0.4 is 20.5 Å². The molecule has 4 rings (SSSR count). The summed E-state index contributed by atoms with van der Waals surface area (Å²) in [6.45, 7) is 5.91. The Balaban J connectivity index is 1.76. The van der Waals surface area contributed by atoms with Gasteiger partial charge in [-0.15, -0.1) is 0 Å². The Bertz CT molecular complexity index is 821. The van der Waals surface area contributed by atoms with Crippen LogP contribution in [0.15, 0.2) is 35.3 Å². The predicted molar refractivity (Wildman–Crippen MR) is 101 cm³/mol. The van der Waals surface area contributed by atoms with Crippen LogP contribution in [0.25, 0.3) is 5.69 Å². The second-order valence-electron chi connectivity index (χ2n) is 7.29. The number of benzene rings is 1. The van der Waals surface area contributed by atoms with E-state index in [0.717, 1.165) is 56.0 Å². The number of anilines is 1. The zero-order chi connectivity index (χ0) is 17.9. The van der Waals surface area contributed by atoms with Crippen LogP contribution in [0.2, 0.25) is 0 Å². The first-order chi connectivity index (χ1) is 12.7. The molecule has 2 heterocycles. The van der Waals surface area contributed by atoms with Crippen LogP contribution in [0.1, 0.15) is 31.2 Å². The number of quaternary nitrogens is 1. The maximum Gasteiger partial charge on any atom is 0.316 e. The number of ether oxygens (including phenoxy) is 1. The van der Waals surface area contributed by atoms with Gasteiger partial charge >= 0.3 is 5.56 Å². The van der Waals surface area contributed by atoms with Crippen LogP contribution in [0.4, 0.5) is 5.69 Å². The molecule has 0 spiro atoms. The third-order valence-corrected chi connectivity index (χ3v) is 5.29. The highest BCUT2D eigenvalue weighted by Crippen LogP contribution is 2.29. The van der Waals surface area contributed by atoms with Gasteiger partial charge in [0.1, 0.15) is 5.69 Å². The van der Waals surface area contributed by atoms with Crippen LogP contribution in [0.5, 0.6) is 5.75 Å². The number of hydrogen-bond acceptors (Lipinski definition) is 4. The molecular formula is C20H27N4O2+. The van der Waals surface area contributed by atoms with E-state index in [2.05, 4.69) is 15.3 Å². The quantitative estimate of drug-likeness (QED) is 0.896. The summed E-state index contributed by atoms with van der Waals surface area (Å²) in [7, 11) is 0. The van der Waals surface area contributed by atoms with Gasteiger partial charge in [-0.05, 0) is 50.3 Å². The van der Waals surface area contributed by atoms with Gasteiger partial charge in [0.2, 0.25) is 5.75 Å². The highest BCUT2D eigenvalue weighted by Gasteiger charge is 2.25. The van der Waals surface area contributed by atoms with Gasteiger partial charge in [-0.1, -0.05) is 12.1 Å². The average molecular weight is 355 g/mol. The van der Waals surface area contributed by atoms with Crippen LogP contribution in [0, 0.1) is 6.92 Å². The monoisotopic (exact) mass is 355 g/mol. The van der Waals surface area contributed by atoms with Gasteiger partial charge in [0, 0.05) is 0 Å². The van der Waals surface area contributed by atoms with E-state index >= 15 is 0 Å². The minimum atomic E-state index is -0.158. The van der Waals surface area contributed by atoms with Crippen LogP contribution in [0.3, 0.4) is 0 Å². The largest absolute Gasteiger partial charge is 0.483 e. The Morgan fingerprint density at radius 2 is 1.96 bits per heavy atom. The van der Waals surface area contributed by atoms with E-state index in [1.165, 1.54) is 17.5 Å². The van der Waals surface area contributed by atoms with Gasteiger partial charge in [0.25, 0.3) is 0 Å². The molecule has 0 unspecified atom stereocenters. The maximum absolute atomic E-state index is 13.3. The Hall–Kier alpha value is -2.34. The Kier molecular flexibility index (Phi) is 4.93. The van der Waals surface area contributed by atoms with Crippen LogP contribution in [-0.4, -0.2) is 42.1 Å². The second kappa shape index (κ2) is 7.50. The normalized spacial score (nSPS) is 18.3. The van der Waals surface area contributed by atoms with Gasteiger partial charge in [-0.25, -0.2) is 0 Å². The standard InChI is InChI=1S/C20H26N4O2/c1-15-5-4-6-16(13-15)24-20(25)19(26-17-7-2-3-8-17)18(14-22-24)23-11-9-21-10-12-23/h4-6,13-14,17,21H,2-3,7-12H2,1H3/p+1. The smallest absolute Gasteiger partial charge is 0.316 e. The van der Waals surface area contributed by atoms with Crippen molar-refractivity contribution in [3.05, 3.63) is 46.4 Å². The number of aromatic nitrogens is 2. The molecular weight excluding hydrogens is 328 g/mol. The number of rotatable bonds is 4. The molecule has 6 heteroatoms. The van der Waals surface area contributed by atoms with E-state index in [1.807, 2.05) is 31.2 Å². The Labute approximate surface area is 153 Å². The van der Waals surface area contributed by atoms with Crippen molar-refractivity contribution < 1.29 is 10.1 Å². The van der Waals surface area contributed by atoms with E-state index in [1.54, 1.807) is 6.20 Å². The first-order valence-corrected chi connectivity index (χ1v) is 9.65. The molecule has 1 aromatic carbocycles. The number of aryl methyl sites for hydroxylation is 1. The third kappa shape index (κ3) is 3.46. The van der Waals surface area contributed by atoms with E-state index in [-0.39, 0.29) is 11.7 Å². The molecule has 1 saturated carbocycles. The summed E-state index contributed by atoms with van der Waals surface area (Å²) in [4.78, 5) is 15.5. The van der Waals surface area contributed by atoms with Gasteiger partial charge < -0.3 is 15.0 Å².